The van der Waals surface area contributed by atoms with Crippen LogP contribution >= 0.6 is 0 Å². The maximum Gasteiger partial charge on any atom is 0.269 e. The molecule has 0 atom stereocenters. The van der Waals surface area contributed by atoms with E-state index in [9.17, 15) is 14.9 Å². The zero-order valence-corrected chi connectivity index (χ0v) is 9.96. The van der Waals surface area contributed by atoms with Crippen molar-refractivity contribution in [2.45, 2.75) is 6.42 Å². The molecule has 0 saturated carbocycles. The van der Waals surface area contributed by atoms with Crippen LogP contribution in [0.3, 0.4) is 0 Å². The summed E-state index contributed by atoms with van der Waals surface area (Å²) >= 11 is 0. The summed E-state index contributed by atoms with van der Waals surface area (Å²) in [6, 6.07) is 5.75. The van der Waals surface area contributed by atoms with Gasteiger partial charge in [-0.15, -0.1) is 0 Å². The summed E-state index contributed by atoms with van der Waals surface area (Å²) in [6.07, 6.45) is 0.929. The lowest BCUT2D eigenvalue weighted by molar-refractivity contribution is -0.384. The number of rotatable bonds is 2. The van der Waals surface area contributed by atoms with Crippen molar-refractivity contribution in [2.24, 2.45) is 0 Å². The van der Waals surface area contributed by atoms with E-state index in [4.69, 9.17) is 0 Å². The van der Waals surface area contributed by atoms with Crippen LogP contribution in [-0.4, -0.2) is 41.9 Å². The van der Waals surface area contributed by atoms with Gasteiger partial charge in [0.1, 0.15) is 0 Å². The van der Waals surface area contributed by atoms with Gasteiger partial charge in [-0.2, -0.15) is 0 Å². The van der Waals surface area contributed by atoms with Crippen LogP contribution in [0.15, 0.2) is 24.3 Å². The van der Waals surface area contributed by atoms with Crippen molar-refractivity contribution in [3.05, 3.63) is 39.9 Å². The second kappa shape index (κ2) is 5.59. The van der Waals surface area contributed by atoms with Crippen LogP contribution in [0.5, 0.6) is 0 Å². The monoisotopic (exact) mass is 249 g/mol. The van der Waals surface area contributed by atoms with E-state index in [0.717, 1.165) is 26.1 Å². The van der Waals surface area contributed by atoms with Crippen molar-refractivity contribution in [3.63, 3.8) is 0 Å². The second-order valence-corrected chi connectivity index (χ2v) is 4.20. The molecule has 0 aromatic heterocycles. The first kappa shape index (κ1) is 12.5. The summed E-state index contributed by atoms with van der Waals surface area (Å²) in [5, 5.41) is 13.8. The first-order valence-electron chi connectivity index (χ1n) is 5.93. The van der Waals surface area contributed by atoms with E-state index < -0.39 is 4.92 Å². The van der Waals surface area contributed by atoms with E-state index in [1.807, 2.05) is 0 Å². The van der Waals surface area contributed by atoms with Crippen molar-refractivity contribution in [3.8, 4) is 0 Å². The predicted octanol–water partition coefficient (Wildman–Crippen LogP) is 1.03. The Kier molecular flexibility index (Phi) is 3.88. The number of benzene rings is 1. The molecule has 1 aliphatic rings. The largest absolute Gasteiger partial charge is 0.337 e. The fourth-order valence-corrected chi connectivity index (χ4v) is 1.96. The summed E-state index contributed by atoms with van der Waals surface area (Å²) < 4.78 is 0. The van der Waals surface area contributed by atoms with Gasteiger partial charge in [0.15, 0.2) is 0 Å². The van der Waals surface area contributed by atoms with E-state index in [1.165, 1.54) is 24.3 Å². The molecule has 1 aromatic carbocycles. The molecule has 1 aromatic rings. The molecule has 18 heavy (non-hydrogen) atoms. The number of nitrogens with one attached hydrogen (secondary N) is 1. The molecule has 1 saturated heterocycles. The maximum atomic E-state index is 12.2. The van der Waals surface area contributed by atoms with Crippen molar-refractivity contribution in [1.29, 1.82) is 0 Å². The highest BCUT2D eigenvalue weighted by Crippen LogP contribution is 2.14. The Morgan fingerprint density at radius 3 is 2.61 bits per heavy atom. The smallest absolute Gasteiger partial charge is 0.269 e. The van der Waals surface area contributed by atoms with Gasteiger partial charge >= 0.3 is 0 Å². The molecule has 0 aliphatic carbocycles. The summed E-state index contributed by atoms with van der Waals surface area (Å²) in [4.78, 5) is 24.0. The van der Waals surface area contributed by atoms with Crippen LogP contribution in [0.1, 0.15) is 16.8 Å². The quantitative estimate of drug-likeness (QED) is 0.627. The molecule has 0 radical (unpaired) electrons. The van der Waals surface area contributed by atoms with Crippen molar-refractivity contribution in [2.75, 3.05) is 26.2 Å². The third kappa shape index (κ3) is 2.84. The first-order valence-corrected chi connectivity index (χ1v) is 5.93. The summed E-state index contributed by atoms with van der Waals surface area (Å²) in [7, 11) is 0. The van der Waals surface area contributed by atoms with Crippen LogP contribution in [-0.2, 0) is 0 Å². The van der Waals surface area contributed by atoms with E-state index >= 15 is 0 Å². The third-order valence-corrected chi connectivity index (χ3v) is 2.95. The normalized spacial score (nSPS) is 16.1. The molecule has 6 nitrogen and oxygen atoms in total. The lowest BCUT2D eigenvalue weighted by atomic mass is 10.2. The standard InChI is InChI=1S/C12H15N3O3/c16-12(14-8-1-6-13-7-9-14)10-2-4-11(5-3-10)15(17)18/h2-5,13H,1,6-9H2. The molecule has 1 N–H and O–H groups in total. The molecule has 0 unspecified atom stereocenters. The lowest BCUT2D eigenvalue weighted by Gasteiger charge is -2.19. The van der Waals surface area contributed by atoms with Gasteiger partial charge < -0.3 is 10.2 Å². The molecule has 1 aliphatic heterocycles. The van der Waals surface area contributed by atoms with Gasteiger partial charge in [-0.1, -0.05) is 0 Å². The van der Waals surface area contributed by atoms with Gasteiger partial charge in [0.05, 0.1) is 4.92 Å². The highest BCUT2D eigenvalue weighted by Gasteiger charge is 2.17. The fraction of sp³-hybridized carbons (Fsp3) is 0.417. The maximum absolute atomic E-state index is 12.2. The Labute approximate surface area is 105 Å². The van der Waals surface area contributed by atoms with Gasteiger partial charge in [0.2, 0.25) is 0 Å². The molecule has 0 bridgehead atoms. The number of nitro benzene ring substituents is 1. The molecule has 1 fully saturated rings. The number of nitrogens with zero attached hydrogens (tertiary/aromatic N) is 2. The van der Waals surface area contributed by atoms with Crippen LogP contribution in [0, 0.1) is 10.1 Å². The van der Waals surface area contributed by atoms with Crippen LogP contribution in [0.2, 0.25) is 0 Å². The van der Waals surface area contributed by atoms with E-state index in [2.05, 4.69) is 5.32 Å². The number of hydrogen-bond acceptors (Lipinski definition) is 4. The molecule has 1 heterocycles. The van der Waals surface area contributed by atoms with Gasteiger partial charge in [-0.25, -0.2) is 0 Å². The summed E-state index contributed by atoms with van der Waals surface area (Å²) in [5.74, 6) is -0.0615. The van der Waals surface area contributed by atoms with Crippen molar-refractivity contribution in [1.82, 2.24) is 10.2 Å². The number of carbonyl (C=O) groups is 1. The van der Waals surface area contributed by atoms with E-state index in [1.54, 1.807) is 4.90 Å². The number of hydrogen-bond donors (Lipinski definition) is 1. The zero-order valence-electron chi connectivity index (χ0n) is 9.96. The Morgan fingerprint density at radius 1 is 1.22 bits per heavy atom. The molecule has 2 rings (SSSR count). The molecule has 0 spiro atoms. The minimum absolute atomic E-state index is 0.00378. The number of non-ortho nitro benzene ring substituents is 1. The number of amides is 1. The minimum Gasteiger partial charge on any atom is -0.337 e. The van der Waals surface area contributed by atoms with E-state index in [-0.39, 0.29) is 11.6 Å². The Balaban J connectivity index is 2.10. The number of carbonyl (C=O) groups excluding carboxylic acids is 1. The second-order valence-electron chi connectivity index (χ2n) is 4.20. The first-order chi connectivity index (χ1) is 8.68. The molecule has 1 amide bonds. The van der Waals surface area contributed by atoms with Gasteiger partial charge in [-0.3, -0.25) is 14.9 Å². The Morgan fingerprint density at radius 2 is 1.94 bits per heavy atom. The Hall–Kier alpha value is -1.95. The zero-order chi connectivity index (χ0) is 13.0. The van der Waals surface area contributed by atoms with Crippen molar-refractivity contribution < 1.29 is 9.72 Å². The van der Waals surface area contributed by atoms with E-state index in [0.29, 0.717) is 12.1 Å². The minimum atomic E-state index is -0.468. The molecular formula is C12H15N3O3. The van der Waals surface area contributed by atoms with Crippen LogP contribution in [0.4, 0.5) is 5.69 Å². The van der Waals surface area contributed by atoms with Gasteiger partial charge in [0, 0.05) is 37.3 Å². The summed E-state index contributed by atoms with van der Waals surface area (Å²) in [5.41, 5.74) is 0.506. The third-order valence-electron chi connectivity index (χ3n) is 2.95. The summed E-state index contributed by atoms with van der Waals surface area (Å²) in [6.45, 7) is 3.11. The van der Waals surface area contributed by atoms with Gasteiger partial charge in [-0.05, 0) is 25.1 Å². The lowest BCUT2D eigenvalue weighted by Crippen LogP contribution is -2.34. The molecule has 96 valence electrons. The molecule has 6 heteroatoms. The Bertz CT molecular complexity index is 436. The fourth-order valence-electron chi connectivity index (χ4n) is 1.96. The van der Waals surface area contributed by atoms with Crippen molar-refractivity contribution >= 4 is 11.6 Å². The topological polar surface area (TPSA) is 75.5 Å². The average Bonchev–Trinajstić information content (AvgIpc) is 2.67. The average molecular weight is 249 g/mol. The van der Waals surface area contributed by atoms with Gasteiger partial charge in [0.25, 0.3) is 11.6 Å². The highest BCUT2D eigenvalue weighted by molar-refractivity contribution is 5.94. The predicted molar refractivity (Wildman–Crippen MR) is 66.5 cm³/mol. The van der Waals surface area contributed by atoms with Crippen LogP contribution in [0.25, 0.3) is 0 Å². The number of nitro groups is 1. The SMILES string of the molecule is O=C(c1ccc([N+](=O)[O-])cc1)N1CCCNCC1. The van der Waals surface area contributed by atoms with Crippen LogP contribution < -0.4 is 5.32 Å². The highest BCUT2D eigenvalue weighted by atomic mass is 16.6. The molecular weight excluding hydrogens is 234 g/mol.